The molecule has 3 heterocycles. The molecule has 2 aliphatic heterocycles. The van der Waals surface area contributed by atoms with Crippen molar-refractivity contribution >= 4 is 5.91 Å². The van der Waals surface area contributed by atoms with Crippen LogP contribution in [0, 0.1) is 5.92 Å². The first-order valence-electron chi connectivity index (χ1n) is 7.73. The van der Waals surface area contributed by atoms with Gasteiger partial charge in [0.25, 0.3) is 5.91 Å². The summed E-state index contributed by atoms with van der Waals surface area (Å²) in [5, 5.41) is 0. The number of ether oxygens (including phenoxy) is 1. The molecule has 1 aromatic heterocycles. The highest BCUT2D eigenvalue weighted by molar-refractivity contribution is 5.95. The smallest absolute Gasteiger partial charge is 0.255 e. The van der Waals surface area contributed by atoms with Gasteiger partial charge in [-0.3, -0.25) is 14.7 Å². The number of hydrogen-bond donors (Lipinski definition) is 0. The standard InChI is InChI=1S/C16H23N3O2/c1-18-12-13(4-6-19-7-9-21-10-8-19)11-15-14(16(18)20)3-2-5-17-15/h2-3,5,13H,4,6-12H2,1H3. The summed E-state index contributed by atoms with van der Waals surface area (Å²) < 4.78 is 5.38. The van der Waals surface area contributed by atoms with Crippen LogP contribution in [0.5, 0.6) is 0 Å². The van der Waals surface area contributed by atoms with Gasteiger partial charge in [0.1, 0.15) is 0 Å². The predicted octanol–water partition coefficient (Wildman–Crippen LogP) is 1.05. The monoisotopic (exact) mass is 289 g/mol. The van der Waals surface area contributed by atoms with Gasteiger partial charge in [-0.1, -0.05) is 0 Å². The molecule has 114 valence electrons. The van der Waals surface area contributed by atoms with Crippen molar-refractivity contribution in [3.8, 4) is 0 Å². The third-order valence-corrected chi connectivity index (χ3v) is 4.44. The number of nitrogens with zero attached hydrogens (tertiary/aromatic N) is 3. The molecule has 2 aliphatic rings. The van der Waals surface area contributed by atoms with E-state index in [0.717, 1.165) is 63.5 Å². The highest BCUT2D eigenvalue weighted by Gasteiger charge is 2.26. The van der Waals surface area contributed by atoms with Crippen molar-refractivity contribution in [3.63, 3.8) is 0 Å². The molecule has 1 aromatic rings. The van der Waals surface area contributed by atoms with E-state index in [9.17, 15) is 4.79 Å². The van der Waals surface area contributed by atoms with Gasteiger partial charge in [0, 0.05) is 32.9 Å². The third-order valence-electron chi connectivity index (χ3n) is 4.44. The Morgan fingerprint density at radius 3 is 3.00 bits per heavy atom. The number of amides is 1. The maximum absolute atomic E-state index is 12.3. The lowest BCUT2D eigenvalue weighted by molar-refractivity contribution is 0.0347. The number of aromatic nitrogens is 1. The Balaban J connectivity index is 1.65. The summed E-state index contributed by atoms with van der Waals surface area (Å²) in [4.78, 5) is 21.1. The lowest BCUT2D eigenvalue weighted by Crippen LogP contribution is -2.38. The summed E-state index contributed by atoms with van der Waals surface area (Å²) >= 11 is 0. The van der Waals surface area contributed by atoms with Gasteiger partial charge in [0.2, 0.25) is 0 Å². The summed E-state index contributed by atoms with van der Waals surface area (Å²) in [6, 6.07) is 3.74. The minimum Gasteiger partial charge on any atom is -0.379 e. The zero-order valence-electron chi connectivity index (χ0n) is 12.6. The van der Waals surface area contributed by atoms with Crippen molar-refractivity contribution in [2.75, 3.05) is 46.4 Å². The number of carbonyl (C=O) groups is 1. The van der Waals surface area contributed by atoms with Crippen LogP contribution in [-0.2, 0) is 11.2 Å². The Morgan fingerprint density at radius 1 is 1.38 bits per heavy atom. The fourth-order valence-corrected chi connectivity index (χ4v) is 3.19. The van der Waals surface area contributed by atoms with Gasteiger partial charge in [-0.15, -0.1) is 0 Å². The first-order chi connectivity index (χ1) is 10.2. The lowest BCUT2D eigenvalue weighted by atomic mass is 9.98. The van der Waals surface area contributed by atoms with E-state index < -0.39 is 0 Å². The molecule has 0 N–H and O–H groups in total. The molecule has 0 aromatic carbocycles. The fourth-order valence-electron chi connectivity index (χ4n) is 3.19. The molecule has 5 heteroatoms. The predicted molar refractivity (Wildman–Crippen MR) is 80.3 cm³/mol. The van der Waals surface area contributed by atoms with Gasteiger partial charge >= 0.3 is 0 Å². The first-order valence-corrected chi connectivity index (χ1v) is 7.73. The van der Waals surface area contributed by atoms with Crippen LogP contribution in [-0.4, -0.2) is 67.1 Å². The molecule has 0 radical (unpaired) electrons. The largest absolute Gasteiger partial charge is 0.379 e. The molecule has 21 heavy (non-hydrogen) atoms. The van der Waals surface area contributed by atoms with Gasteiger partial charge in [-0.2, -0.15) is 0 Å². The van der Waals surface area contributed by atoms with Gasteiger partial charge in [-0.05, 0) is 37.4 Å². The third kappa shape index (κ3) is 3.41. The number of pyridine rings is 1. The molecule has 1 atom stereocenters. The van der Waals surface area contributed by atoms with Crippen molar-refractivity contribution in [1.29, 1.82) is 0 Å². The van der Waals surface area contributed by atoms with Crippen LogP contribution >= 0.6 is 0 Å². The van der Waals surface area contributed by atoms with Gasteiger partial charge < -0.3 is 9.64 Å². The molecule has 0 aliphatic carbocycles. The molecule has 0 spiro atoms. The molecular weight excluding hydrogens is 266 g/mol. The van der Waals surface area contributed by atoms with E-state index in [1.165, 1.54) is 0 Å². The first kappa shape index (κ1) is 14.5. The Morgan fingerprint density at radius 2 is 2.19 bits per heavy atom. The quantitative estimate of drug-likeness (QED) is 0.834. The molecule has 0 saturated carbocycles. The second-order valence-corrected chi connectivity index (χ2v) is 6.00. The maximum Gasteiger partial charge on any atom is 0.255 e. The average Bonchev–Trinajstić information content (AvgIpc) is 2.64. The van der Waals surface area contributed by atoms with E-state index >= 15 is 0 Å². The van der Waals surface area contributed by atoms with E-state index in [1.54, 1.807) is 6.20 Å². The summed E-state index contributed by atoms with van der Waals surface area (Å²) in [6.07, 6.45) is 3.79. The second-order valence-electron chi connectivity index (χ2n) is 6.00. The number of fused-ring (bicyclic) bond motifs is 1. The molecule has 1 amide bonds. The summed E-state index contributed by atoms with van der Waals surface area (Å²) in [6.45, 7) is 5.63. The second kappa shape index (κ2) is 6.54. The SMILES string of the molecule is CN1CC(CCN2CCOCC2)Cc2ncccc2C1=O. The van der Waals surface area contributed by atoms with Crippen molar-refractivity contribution in [2.45, 2.75) is 12.8 Å². The van der Waals surface area contributed by atoms with Crippen LogP contribution in [0.1, 0.15) is 22.5 Å². The number of carbonyl (C=O) groups excluding carboxylic acids is 1. The maximum atomic E-state index is 12.3. The van der Waals surface area contributed by atoms with Crippen LogP contribution < -0.4 is 0 Å². The summed E-state index contributed by atoms with van der Waals surface area (Å²) in [7, 11) is 1.90. The molecule has 1 saturated heterocycles. The van der Waals surface area contributed by atoms with Crippen molar-refractivity contribution in [3.05, 3.63) is 29.6 Å². The highest BCUT2D eigenvalue weighted by Crippen LogP contribution is 2.21. The zero-order valence-corrected chi connectivity index (χ0v) is 12.6. The topological polar surface area (TPSA) is 45.7 Å². The van der Waals surface area contributed by atoms with Gasteiger partial charge in [0.05, 0.1) is 24.5 Å². The Kier molecular flexibility index (Phi) is 4.51. The molecule has 1 fully saturated rings. The van der Waals surface area contributed by atoms with Crippen molar-refractivity contribution < 1.29 is 9.53 Å². The molecule has 5 nitrogen and oxygen atoms in total. The number of rotatable bonds is 3. The summed E-state index contributed by atoms with van der Waals surface area (Å²) in [5.74, 6) is 0.588. The van der Waals surface area contributed by atoms with E-state index in [4.69, 9.17) is 4.74 Å². The van der Waals surface area contributed by atoms with Gasteiger partial charge in [-0.25, -0.2) is 0 Å². The van der Waals surface area contributed by atoms with Crippen LogP contribution in [0.3, 0.4) is 0 Å². The number of hydrogen-bond acceptors (Lipinski definition) is 4. The molecule has 1 unspecified atom stereocenters. The van der Waals surface area contributed by atoms with E-state index in [1.807, 2.05) is 24.1 Å². The molecule has 0 bridgehead atoms. The Bertz CT molecular complexity index is 500. The minimum atomic E-state index is 0.104. The van der Waals surface area contributed by atoms with Crippen LogP contribution in [0.15, 0.2) is 18.3 Å². The van der Waals surface area contributed by atoms with E-state index in [-0.39, 0.29) is 5.91 Å². The van der Waals surface area contributed by atoms with Crippen molar-refractivity contribution in [1.82, 2.24) is 14.8 Å². The fraction of sp³-hybridized carbons (Fsp3) is 0.625. The van der Waals surface area contributed by atoms with Crippen LogP contribution in [0.2, 0.25) is 0 Å². The molecule has 3 rings (SSSR count). The number of morpholine rings is 1. The van der Waals surface area contributed by atoms with Crippen LogP contribution in [0.25, 0.3) is 0 Å². The normalized spacial score (nSPS) is 23.8. The Labute approximate surface area is 125 Å². The highest BCUT2D eigenvalue weighted by atomic mass is 16.5. The van der Waals surface area contributed by atoms with Gasteiger partial charge in [0.15, 0.2) is 0 Å². The minimum absolute atomic E-state index is 0.104. The Hall–Kier alpha value is -1.46. The lowest BCUT2D eigenvalue weighted by Gasteiger charge is -2.28. The van der Waals surface area contributed by atoms with Crippen LogP contribution in [0.4, 0.5) is 0 Å². The van der Waals surface area contributed by atoms with Crippen molar-refractivity contribution in [2.24, 2.45) is 5.92 Å². The zero-order chi connectivity index (χ0) is 14.7. The molecular formula is C16H23N3O2. The summed E-state index contributed by atoms with van der Waals surface area (Å²) in [5.41, 5.74) is 1.73. The average molecular weight is 289 g/mol. The van der Waals surface area contributed by atoms with E-state index in [0.29, 0.717) is 5.92 Å². The van der Waals surface area contributed by atoms with E-state index in [2.05, 4.69) is 9.88 Å².